The van der Waals surface area contributed by atoms with Crippen molar-refractivity contribution in [2.45, 2.75) is 37.4 Å². The summed E-state index contributed by atoms with van der Waals surface area (Å²) in [4.78, 5) is 60.5. The van der Waals surface area contributed by atoms with Gasteiger partial charge in [0, 0.05) is 12.8 Å². The Morgan fingerprint density at radius 2 is 1.22 bits per heavy atom. The normalized spacial score (nSPS) is 13.0. The van der Waals surface area contributed by atoms with Crippen LogP contribution in [0.25, 0.3) is 0 Å². The summed E-state index contributed by atoms with van der Waals surface area (Å²) in [6.07, 6.45) is -0.883. The van der Waals surface area contributed by atoms with E-state index in [0.717, 1.165) is 0 Å². The summed E-state index contributed by atoms with van der Waals surface area (Å²) in [5.41, 5.74) is 6.61. The summed E-state index contributed by atoms with van der Waals surface area (Å²) in [6, 6.07) is 10.4. The van der Waals surface area contributed by atoms with Crippen LogP contribution in [-0.4, -0.2) is 69.7 Å². The first-order valence-corrected chi connectivity index (χ1v) is 11.0. The molecule has 3 amide bonds. The molecule has 0 aliphatic rings. The molecule has 0 saturated carbocycles. The Morgan fingerprint density at radius 1 is 0.722 bits per heavy atom. The maximum atomic E-state index is 13.2. The highest BCUT2D eigenvalue weighted by atomic mass is 16.4. The van der Waals surface area contributed by atoms with Gasteiger partial charge in [0.15, 0.2) is 0 Å². The summed E-state index contributed by atoms with van der Waals surface area (Å²) in [7, 11) is 0. The summed E-state index contributed by atoms with van der Waals surface area (Å²) in [5.74, 6) is -5.23. The third-order valence-electron chi connectivity index (χ3n) is 5.12. The van der Waals surface area contributed by atoms with Gasteiger partial charge < -0.3 is 37.0 Å². The first kappa shape index (κ1) is 27.8. The predicted molar refractivity (Wildman–Crippen MR) is 127 cm³/mol. The Morgan fingerprint density at radius 3 is 1.72 bits per heavy atom. The fourth-order valence-electron chi connectivity index (χ4n) is 3.31. The van der Waals surface area contributed by atoms with Gasteiger partial charge in [-0.3, -0.25) is 19.2 Å². The highest BCUT2D eigenvalue weighted by Crippen LogP contribution is 2.12. The smallest absolute Gasteiger partial charge is 0.326 e. The Kier molecular flexibility index (Phi) is 10.4. The van der Waals surface area contributed by atoms with Crippen molar-refractivity contribution in [2.24, 2.45) is 5.73 Å². The molecule has 0 aromatic heterocycles. The maximum Gasteiger partial charge on any atom is 0.326 e. The van der Waals surface area contributed by atoms with E-state index in [1.807, 2.05) is 0 Å². The number of rotatable bonds is 13. The Bertz CT molecular complexity index is 1080. The molecule has 12 heteroatoms. The lowest BCUT2D eigenvalue weighted by Crippen LogP contribution is -2.57. The van der Waals surface area contributed by atoms with Crippen LogP contribution in [0.1, 0.15) is 17.5 Å². The number of carboxylic acids is 2. The van der Waals surface area contributed by atoms with Crippen molar-refractivity contribution in [3.05, 3.63) is 65.7 Å². The van der Waals surface area contributed by atoms with Gasteiger partial charge in [-0.1, -0.05) is 42.5 Å². The van der Waals surface area contributed by atoms with Crippen LogP contribution in [-0.2, 0) is 36.8 Å². The second kappa shape index (κ2) is 13.4. The van der Waals surface area contributed by atoms with Crippen LogP contribution in [0.2, 0.25) is 0 Å². The van der Waals surface area contributed by atoms with Gasteiger partial charge in [0.05, 0.1) is 13.0 Å². The molecule has 0 aliphatic carbocycles. The molecule has 0 bridgehead atoms. The topological polar surface area (TPSA) is 208 Å². The van der Waals surface area contributed by atoms with Gasteiger partial charge in [-0.15, -0.1) is 0 Å². The molecular formula is C24H28N4O8. The molecule has 8 N–H and O–H groups in total. The van der Waals surface area contributed by atoms with Gasteiger partial charge >= 0.3 is 11.9 Å². The van der Waals surface area contributed by atoms with Crippen LogP contribution < -0.4 is 21.7 Å². The number of phenolic OH excluding ortho intramolecular Hbond substituents is 1. The molecule has 2 rings (SSSR count). The average molecular weight is 501 g/mol. The van der Waals surface area contributed by atoms with Crippen molar-refractivity contribution in [3.63, 3.8) is 0 Å². The standard InChI is InChI=1S/C24H28N4O8/c25-13-20(30)26-17(11-15-6-8-16(29)9-7-15)22(33)27-18(10-14-4-2-1-3-5-14)23(34)28-19(24(35)36)12-21(31)32/h1-9,17-19,29H,10-13,25H2,(H,26,30)(H,27,33)(H,28,34)(H,31,32)(H,35,36). The molecular weight excluding hydrogens is 472 g/mol. The molecule has 0 radical (unpaired) electrons. The van der Waals surface area contributed by atoms with Crippen molar-refractivity contribution in [2.75, 3.05) is 6.54 Å². The van der Waals surface area contributed by atoms with Crippen LogP contribution in [0.5, 0.6) is 5.75 Å². The zero-order valence-electron chi connectivity index (χ0n) is 19.2. The van der Waals surface area contributed by atoms with E-state index in [1.165, 1.54) is 12.1 Å². The van der Waals surface area contributed by atoms with Crippen LogP contribution >= 0.6 is 0 Å². The number of hydrogen-bond donors (Lipinski definition) is 7. The zero-order chi connectivity index (χ0) is 26.7. The fourth-order valence-corrected chi connectivity index (χ4v) is 3.31. The molecule has 3 atom stereocenters. The number of benzene rings is 2. The zero-order valence-corrected chi connectivity index (χ0v) is 19.2. The lowest BCUT2D eigenvalue weighted by Gasteiger charge is -2.24. The highest BCUT2D eigenvalue weighted by Gasteiger charge is 2.30. The number of carbonyl (C=O) groups excluding carboxylic acids is 3. The van der Waals surface area contributed by atoms with E-state index in [4.69, 9.17) is 10.8 Å². The van der Waals surface area contributed by atoms with E-state index in [1.54, 1.807) is 42.5 Å². The molecule has 36 heavy (non-hydrogen) atoms. The number of aliphatic carboxylic acids is 2. The molecule has 12 nitrogen and oxygen atoms in total. The minimum Gasteiger partial charge on any atom is -0.508 e. The summed E-state index contributed by atoms with van der Waals surface area (Å²) < 4.78 is 0. The predicted octanol–water partition coefficient (Wildman–Crippen LogP) is -0.850. The van der Waals surface area contributed by atoms with Gasteiger partial charge in [0.25, 0.3) is 0 Å². The van der Waals surface area contributed by atoms with Crippen LogP contribution in [0.4, 0.5) is 0 Å². The van der Waals surface area contributed by atoms with Crippen molar-refractivity contribution in [1.29, 1.82) is 0 Å². The average Bonchev–Trinajstić information content (AvgIpc) is 2.84. The monoisotopic (exact) mass is 500 g/mol. The second-order valence-corrected chi connectivity index (χ2v) is 7.94. The Balaban J connectivity index is 2.27. The number of phenols is 1. The number of carboxylic acid groups (broad SMARTS) is 2. The third-order valence-corrected chi connectivity index (χ3v) is 5.12. The summed E-state index contributed by atoms with van der Waals surface area (Å²) in [5, 5.41) is 34.9. The van der Waals surface area contributed by atoms with E-state index in [9.17, 15) is 34.2 Å². The summed E-state index contributed by atoms with van der Waals surface area (Å²) in [6.45, 7) is -0.386. The largest absolute Gasteiger partial charge is 0.508 e. The van der Waals surface area contributed by atoms with Crippen LogP contribution in [0.15, 0.2) is 54.6 Å². The van der Waals surface area contributed by atoms with Crippen molar-refractivity contribution < 1.29 is 39.3 Å². The number of amides is 3. The number of carbonyl (C=O) groups is 5. The molecule has 2 aromatic carbocycles. The van der Waals surface area contributed by atoms with Crippen molar-refractivity contribution >= 4 is 29.7 Å². The third kappa shape index (κ3) is 9.06. The van der Waals surface area contributed by atoms with E-state index in [2.05, 4.69) is 16.0 Å². The lowest BCUT2D eigenvalue weighted by molar-refractivity contribution is -0.147. The van der Waals surface area contributed by atoms with E-state index >= 15 is 0 Å². The quantitative estimate of drug-likeness (QED) is 0.182. The molecule has 0 fully saturated rings. The van der Waals surface area contributed by atoms with E-state index in [-0.39, 0.29) is 25.1 Å². The summed E-state index contributed by atoms with van der Waals surface area (Å²) >= 11 is 0. The van der Waals surface area contributed by atoms with Gasteiger partial charge in [-0.2, -0.15) is 0 Å². The van der Waals surface area contributed by atoms with E-state index < -0.39 is 54.2 Å². The molecule has 0 saturated heterocycles. The van der Waals surface area contributed by atoms with Crippen molar-refractivity contribution in [1.82, 2.24) is 16.0 Å². The minimum absolute atomic E-state index is 0.00823. The highest BCUT2D eigenvalue weighted by molar-refractivity contribution is 5.94. The SMILES string of the molecule is NCC(=O)NC(Cc1ccc(O)cc1)C(=O)NC(Cc1ccccc1)C(=O)NC(CC(=O)O)C(=O)O. The second-order valence-electron chi connectivity index (χ2n) is 7.94. The number of aromatic hydroxyl groups is 1. The Hall–Kier alpha value is -4.45. The molecule has 2 aromatic rings. The molecule has 192 valence electrons. The number of nitrogens with one attached hydrogen (secondary N) is 3. The molecule has 3 unspecified atom stereocenters. The van der Waals surface area contributed by atoms with Gasteiger partial charge in [-0.05, 0) is 23.3 Å². The maximum absolute atomic E-state index is 13.2. The molecule has 0 aliphatic heterocycles. The lowest BCUT2D eigenvalue weighted by atomic mass is 10.0. The van der Waals surface area contributed by atoms with Gasteiger partial charge in [0.2, 0.25) is 17.7 Å². The molecule has 0 spiro atoms. The Labute approximate surface area is 206 Å². The van der Waals surface area contributed by atoms with Crippen LogP contribution in [0, 0.1) is 0 Å². The van der Waals surface area contributed by atoms with E-state index in [0.29, 0.717) is 11.1 Å². The van der Waals surface area contributed by atoms with Crippen LogP contribution in [0.3, 0.4) is 0 Å². The molecule has 0 heterocycles. The fraction of sp³-hybridized carbons (Fsp3) is 0.292. The minimum atomic E-state index is -1.71. The van der Waals surface area contributed by atoms with Crippen molar-refractivity contribution in [3.8, 4) is 5.75 Å². The number of nitrogens with two attached hydrogens (primary N) is 1. The number of hydrogen-bond acceptors (Lipinski definition) is 7. The van der Waals surface area contributed by atoms with Gasteiger partial charge in [0.1, 0.15) is 23.9 Å². The first-order valence-electron chi connectivity index (χ1n) is 11.0. The van der Waals surface area contributed by atoms with Gasteiger partial charge in [-0.25, -0.2) is 4.79 Å². The first-order chi connectivity index (χ1) is 17.1.